The van der Waals surface area contributed by atoms with Crippen molar-refractivity contribution in [3.63, 3.8) is 0 Å². The summed E-state index contributed by atoms with van der Waals surface area (Å²) < 4.78 is 0. The fourth-order valence-electron chi connectivity index (χ4n) is 2.91. The molecule has 0 bridgehead atoms. The molecule has 1 aliphatic heterocycles. The molecule has 2 aliphatic rings. The zero-order valence-electron chi connectivity index (χ0n) is 11.2. The van der Waals surface area contributed by atoms with Crippen LogP contribution in [0.3, 0.4) is 0 Å². The van der Waals surface area contributed by atoms with Gasteiger partial charge in [-0.3, -0.25) is 14.5 Å². The normalized spacial score (nSPS) is 25.5. The van der Waals surface area contributed by atoms with Crippen LogP contribution >= 0.6 is 0 Å². The van der Waals surface area contributed by atoms with Crippen molar-refractivity contribution in [1.82, 2.24) is 4.90 Å². The lowest BCUT2D eigenvalue weighted by Crippen LogP contribution is -2.31. The second-order valence-electron chi connectivity index (χ2n) is 5.26. The Hall–Kier alpha value is -2.16. The molecule has 3 heteroatoms. The first-order valence-electron chi connectivity index (χ1n) is 6.99. The van der Waals surface area contributed by atoms with E-state index in [1.165, 1.54) is 4.90 Å². The van der Waals surface area contributed by atoms with Crippen LogP contribution in [0.1, 0.15) is 18.4 Å². The molecule has 1 aromatic carbocycles. The Kier molecular flexibility index (Phi) is 3.50. The highest BCUT2D eigenvalue weighted by Gasteiger charge is 2.46. The van der Waals surface area contributed by atoms with Crippen molar-refractivity contribution in [3.8, 4) is 0 Å². The molecule has 2 atom stereocenters. The van der Waals surface area contributed by atoms with Crippen LogP contribution in [0.2, 0.25) is 0 Å². The van der Waals surface area contributed by atoms with Gasteiger partial charge in [0.2, 0.25) is 11.8 Å². The third-order valence-corrected chi connectivity index (χ3v) is 4.00. The van der Waals surface area contributed by atoms with Crippen LogP contribution in [0.15, 0.2) is 48.6 Å². The van der Waals surface area contributed by atoms with Crippen LogP contribution in [0, 0.1) is 11.8 Å². The van der Waals surface area contributed by atoms with Gasteiger partial charge in [-0.15, -0.1) is 0 Å². The molecule has 3 nitrogen and oxygen atoms in total. The third-order valence-electron chi connectivity index (χ3n) is 4.00. The number of carbonyl (C=O) groups is 2. The predicted octanol–water partition coefficient (Wildman–Crippen LogP) is 2.65. The van der Waals surface area contributed by atoms with E-state index in [-0.39, 0.29) is 23.7 Å². The number of carbonyl (C=O) groups excluding carboxylic acids is 2. The summed E-state index contributed by atoms with van der Waals surface area (Å²) in [6.07, 6.45) is 9.25. The summed E-state index contributed by atoms with van der Waals surface area (Å²) in [4.78, 5) is 25.9. The maximum Gasteiger partial charge on any atom is 0.233 e. The van der Waals surface area contributed by atoms with Gasteiger partial charge in [0, 0.05) is 6.54 Å². The average molecular weight is 267 g/mol. The van der Waals surface area contributed by atoms with Crippen LogP contribution in [0.25, 0.3) is 6.08 Å². The van der Waals surface area contributed by atoms with Crippen molar-refractivity contribution in [3.05, 3.63) is 54.1 Å². The Balaban J connectivity index is 1.68. The number of imide groups is 1. The molecule has 0 spiro atoms. The van der Waals surface area contributed by atoms with E-state index in [9.17, 15) is 9.59 Å². The number of amides is 2. The fourth-order valence-corrected chi connectivity index (χ4v) is 2.91. The zero-order chi connectivity index (χ0) is 13.9. The van der Waals surface area contributed by atoms with Gasteiger partial charge in [-0.05, 0) is 18.4 Å². The first-order valence-corrected chi connectivity index (χ1v) is 6.99. The lowest BCUT2D eigenvalue weighted by Gasteiger charge is -2.14. The Bertz CT molecular complexity index is 548. The van der Waals surface area contributed by atoms with E-state index in [0.717, 1.165) is 5.56 Å². The Morgan fingerprint density at radius 2 is 1.60 bits per heavy atom. The van der Waals surface area contributed by atoms with Gasteiger partial charge >= 0.3 is 0 Å². The maximum absolute atomic E-state index is 12.2. The van der Waals surface area contributed by atoms with E-state index in [2.05, 4.69) is 0 Å². The summed E-state index contributed by atoms with van der Waals surface area (Å²) in [7, 11) is 0. The molecule has 102 valence electrons. The van der Waals surface area contributed by atoms with Gasteiger partial charge in [-0.1, -0.05) is 54.6 Å². The van der Waals surface area contributed by atoms with Gasteiger partial charge < -0.3 is 0 Å². The number of allylic oxidation sites excluding steroid dienone is 2. The molecule has 1 aromatic rings. The van der Waals surface area contributed by atoms with Crippen molar-refractivity contribution in [2.45, 2.75) is 12.8 Å². The van der Waals surface area contributed by atoms with Gasteiger partial charge in [-0.2, -0.15) is 0 Å². The predicted molar refractivity (Wildman–Crippen MR) is 77.6 cm³/mol. The Labute approximate surface area is 118 Å². The molecule has 0 N–H and O–H groups in total. The lowest BCUT2D eigenvalue weighted by atomic mass is 9.85. The number of hydrogen-bond acceptors (Lipinski definition) is 2. The maximum atomic E-state index is 12.2. The van der Waals surface area contributed by atoms with Crippen molar-refractivity contribution in [2.24, 2.45) is 11.8 Å². The summed E-state index contributed by atoms with van der Waals surface area (Å²) >= 11 is 0. The number of likely N-dealkylation sites (tertiary alicyclic amines) is 1. The van der Waals surface area contributed by atoms with Gasteiger partial charge in [0.25, 0.3) is 0 Å². The number of fused-ring (bicyclic) bond motifs is 1. The van der Waals surface area contributed by atoms with E-state index in [4.69, 9.17) is 0 Å². The van der Waals surface area contributed by atoms with Crippen molar-refractivity contribution in [1.29, 1.82) is 0 Å². The standard InChI is InChI=1S/C17H17NO2/c19-16-14-10-4-5-11-15(14)17(20)18(16)12-6-9-13-7-2-1-3-8-13/h1-9,14-15H,10-12H2. The lowest BCUT2D eigenvalue weighted by molar-refractivity contribution is -0.139. The topological polar surface area (TPSA) is 37.4 Å². The molecule has 0 radical (unpaired) electrons. The summed E-state index contributed by atoms with van der Waals surface area (Å²) in [5, 5.41) is 0. The highest BCUT2D eigenvalue weighted by molar-refractivity contribution is 6.05. The molecule has 3 rings (SSSR count). The molecule has 1 saturated heterocycles. The van der Waals surface area contributed by atoms with E-state index in [0.29, 0.717) is 19.4 Å². The first kappa shape index (κ1) is 12.9. The number of hydrogen-bond donors (Lipinski definition) is 0. The summed E-state index contributed by atoms with van der Waals surface area (Å²) in [5.41, 5.74) is 1.07. The monoisotopic (exact) mass is 267 g/mol. The molecule has 20 heavy (non-hydrogen) atoms. The summed E-state index contributed by atoms with van der Waals surface area (Å²) in [5.74, 6) is -0.278. The molecular weight excluding hydrogens is 250 g/mol. The quantitative estimate of drug-likeness (QED) is 0.623. The van der Waals surface area contributed by atoms with Gasteiger partial charge in [0.1, 0.15) is 0 Å². The van der Waals surface area contributed by atoms with Gasteiger partial charge in [0.05, 0.1) is 11.8 Å². The van der Waals surface area contributed by atoms with Crippen LogP contribution in [0.4, 0.5) is 0 Å². The SMILES string of the molecule is O=C1C2CC=CCC2C(=O)N1CC=Cc1ccccc1. The minimum absolute atomic E-state index is 0.0120. The number of nitrogens with zero attached hydrogens (tertiary/aromatic N) is 1. The second-order valence-corrected chi connectivity index (χ2v) is 5.26. The third kappa shape index (κ3) is 2.31. The molecule has 2 amide bonds. The van der Waals surface area contributed by atoms with Crippen molar-refractivity contribution in [2.75, 3.05) is 6.54 Å². The fraction of sp³-hybridized carbons (Fsp3) is 0.294. The first-order chi connectivity index (χ1) is 9.77. The second kappa shape index (κ2) is 5.45. The molecule has 0 aromatic heterocycles. The van der Waals surface area contributed by atoms with E-state index >= 15 is 0 Å². The molecule has 2 unspecified atom stereocenters. The van der Waals surface area contributed by atoms with Crippen molar-refractivity contribution >= 4 is 17.9 Å². The number of rotatable bonds is 3. The van der Waals surface area contributed by atoms with Crippen molar-refractivity contribution < 1.29 is 9.59 Å². The van der Waals surface area contributed by atoms with Gasteiger partial charge in [0.15, 0.2) is 0 Å². The summed E-state index contributed by atoms with van der Waals surface area (Å²) in [6, 6.07) is 9.88. The smallest absolute Gasteiger partial charge is 0.233 e. The molecule has 1 aliphatic carbocycles. The zero-order valence-corrected chi connectivity index (χ0v) is 11.2. The molecule has 0 saturated carbocycles. The van der Waals surface area contributed by atoms with Crippen LogP contribution in [-0.2, 0) is 9.59 Å². The molecule has 1 fully saturated rings. The highest BCUT2D eigenvalue weighted by atomic mass is 16.2. The minimum atomic E-state index is -0.127. The van der Waals surface area contributed by atoms with Crippen LogP contribution < -0.4 is 0 Å². The van der Waals surface area contributed by atoms with E-state index in [1.54, 1.807) is 0 Å². The average Bonchev–Trinajstić information content (AvgIpc) is 2.74. The Morgan fingerprint density at radius 1 is 1.00 bits per heavy atom. The van der Waals surface area contributed by atoms with E-state index in [1.807, 2.05) is 54.6 Å². The largest absolute Gasteiger partial charge is 0.278 e. The van der Waals surface area contributed by atoms with Crippen LogP contribution in [-0.4, -0.2) is 23.3 Å². The molecular formula is C17H17NO2. The van der Waals surface area contributed by atoms with E-state index < -0.39 is 0 Å². The minimum Gasteiger partial charge on any atom is -0.278 e. The number of benzene rings is 1. The highest BCUT2D eigenvalue weighted by Crippen LogP contribution is 2.34. The van der Waals surface area contributed by atoms with Gasteiger partial charge in [-0.25, -0.2) is 0 Å². The summed E-state index contributed by atoms with van der Waals surface area (Å²) in [6.45, 7) is 0.375. The Morgan fingerprint density at radius 3 is 2.20 bits per heavy atom. The van der Waals surface area contributed by atoms with Crippen LogP contribution in [0.5, 0.6) is 0 Å². The molecule has 1 heterocycles.